The Hall–Kier alpha value is -1.82. The van der Waals surface area contributed by atoms with Crippen LogP contribution in [0.15, 0.2) is 24.4 Å². The first kappa shape index (κ1) is 16.5. The van der Waals surface area contributed by atoms with Crippen LogP contribution in [-0.2, 0) is 0 Å². The first-order valence-corrected chi connectivity index (χ1v) is 7.92. The number of aromatic nitrogens is 1. The lowest BCUT2D eigenvalue weighted by molar-refractivity contribution is 0.162. The van der Waals surface area contributed by atoms with Crippen molar-refractivity contribution in [1.82, 2.24) is 15.6 Å². The number of aliphatic hydroxyl groups excluding tert-OH is 1. The van der Waals surface area contributed by atoms with Gasteiger partial charge in [0.15, 0.2) is 0 Å². The van der Waals surface area contributed by atoms with Gasteiger partial charge in [0.25, 0.3) is 0 Å². The lowest BCUT2D eigenvalue weighted by Crippen LogP contribution is -2.54. The second kappa shape index (κ2) is 7.45. The SMILES string of the molecule is CCCC(C)(CO)NC(=O)NC1CCN(c2ccccn2)C1. The van der Waals surface area contributed by atoms with Gasteiger partial charge in [0.1, 0.15) is 5.82 Å². The van der Waals surface area contributed by atoms with Gasteiger partial charge in [-0.25, -0.2) is 9.78 Å². The molecule has 0 radical (unpaired) electrons. The number of rotatable bonds is 6. The van der Waals surface area contributed by atoms with Crippen LogP contribution < -0.4 is 15.5 Å². The molecule has 122 valence electrons. The van der Waals surface area contributed by atoms with Crippen LogP contribution in [0.1, 0.15) is 33.1 Å². The second-order valence-corrected chi connectivity index (χ2v) is 6.19. The van der Waals surface area contributed by atoms with E-state index < -0.39 is 5.54 Å². The molecule has 1 saturated heterocycles. The molecule has 0 aliphatic carbocycles. The Morgan fingerprint density at radius 1 is 1.55 bits per heavy atom. The minimum absolute atomic E-state index is 0.0566. The number of hydrogen-bond acceptors (Lipinski definition) is 4. The van der Waals surface area contributed by atoms with Gasteiger partial charge in [0, 0.05) is 25.3 Å². The zero-order valence-corrected chi connectivity index (χ0v) is 13.4. The number of hydrogen-bond donors (Lipinski definition) is 3. The van der Waals surface area contributed by atoms with E-state index in [9.17, 15) is 9.90 Å². The Morgan fingerprint density at radius 2 is 2.36 bits per heavy atom. The number of anilines is 1. The van der Waals surface area contributed by atoms with Crippen molar-refractivity contribution in [2.24, 2.45) is 0 Å². The van der Waals surface area contributed by atoms with Crippen molar-refractivity contribution in [1.29, 1.82) is 0 Å². The van der Waals surface area contributed by atoms with Gasteiger partial charge in [0.05, 0.1) is 12.1 Å². The van der Waals surface area contributed by atoms with Crippen LogP contribution in [-0.4, -0.2) is 47.4 Å². The summed E-state index contributed by atoms with van der Waals surface area (Å²) in [5.74, 6) is 0.943. The topological polar surface area (TPSA) is 77.5 Å². The molecule has 2 amide bonds. The van der Waals surface area contributed by atoms with Crippen LogP contribution in [0.2, 0.25) is 0 Å². The Labute approximate surface area is 131 Å². The van der Waals surface area contributed by atoms with Crippen LogP contribution >= 0.6 is 0 Å². The number of aliphatic hydroxyl groups is 1. The molecule has 6 heteroatoms. The molecule has 2 atom stereocenters. The van der Waals surface area contributed by atoms with E-state index in [4.69, 9.17) is 0 Å². The fourth-order valence-corrected chi connectivity index (χ4v) is 2.86. The average molecular weight is 306 g/mol. The summed E-state index contributed by atoms with van der Waals surface area (Å²) < 4.78 is 0. The highest BCUT2D eigenvalue weighted by atomic mass is 16.3. The molecular formula is C16H26N4O2. The van der Waals surface area contributed by atoms with Gasteiger partial charge in [0.2, 0.25) is 0 Å². The van der Waals surface area contributed by atoms with Gasteiger partial charge in [-0.3, -0.25) is 0 Å². The van der Waals surface area contributed by atoms with E-state index in [1.807, 2.05) is 32.0 Å². The van der Waals surface area contributed by atoms with E-state index in [0.29, 0.717) is 0 Å². The Kier molecular flexibility index (Phi) is 5.60. The van der Waals surface area contributed by atoms with Crippen LogP contribution in [0.4, 0.5) is 10.6 Å². The van der Waals surface area contributed by atoms with Crippen LogP contribution in [0.5, 0.6) is 0 Å². The standard InChI is InChI=1S/C16H26N4O2/c1-3-8-16(2,12-21)19-15(22)18-13-7-10-20(11-13)14-6-4-5-9-17-14/h4-6,9,13,21H,3,7-8,10-12H2,1-2H3,(H2,18,19,22). The third-order valence-corrected chi connectivity index (χ3v) is 4.06. The molecule has 1 fully saturated rings. The monoisotopic (exact) mass is 306 g/mol. The lowest BCUT2D eigenvalue weighted by Gasteiger charge is -2.29. The maximum absolute atomic E-state index is 12.1. The summed E-state index contributed by atoms with van der Waals surface area (Å²) in [6.07, 6.45) is 4.34. The second-order valence-electron chi connectivity index (χ2n) is 6.19. The third kappa shape index (κ3) is 4.34. The number of amides is 2. The van der Waals surface area contributed by atoms with Crippen molar-refractivity contribution >= 4 is 11.8 Å². The fourth-order valence-electron chi connectivity index (χ4n) is 2.86. The summed E-state index contributed by atoms with van der Waals surface area (Å²) in [6.45, 7) is 5.49. The minimum Gasteiger partial charge on any atom is -0.394 e. The van der Waals surface area contributed by atoms with Gasteiger partial charge in [-0.2, -0.15) is 0 Å². The number of carbonyl (C=O) groups excluding carboxylic acids is 1. The van der Waals surface area contributed by atoms with Crippen LogP contribution in [0.25, 0.3) is 0 Å². The number of pyridine rings is 1. The third-order valence-electron chi connectivity index (χ3n) is 4.06. The van der Waals surface area contributed by atoms with Crippen molar-refractivity contribution < 1.29 is 9.90 Å². The molecule has 2 unspecified atom stereocenters. The normalized spacial score (nSPS) is 20.5. The molecule has 2 rings (SSSR count). The maximum atomic E-state index is 12.1. The molecule has 0 aromatic carbocycles. The maximum Gasteiger partial charge on any atom is 0.315 e. The summed E-state index contributed by atoms with van der Waals surface area (Å²) in [7, 11) is 0. The molecule has 1 aromatic heterocycles. The molecule has 1 aliphatic heterocycles. The van der Waals surface area contributed by atoms with E-state index in [2.05, 4.69) is 20.5 Å². The van der Waals surface area contributed by atoms with Crippen molar-refractivity contribution in [2.45, 2.75) is 44.7 Å². The molecule has 0 bridgehead atoms. The first-order chi connectivity index (χ1) is 10.6. The number of urea groups is 1. The van der Waals surface area contributed by atoms with Gasteiger partial charge < -0.3 is 20.6 Å². The van der Waals surface area contributed by atoms with E-state index in [0.717, 1.165) is 38.2 Å². The largest absolute Gasteiger partial charge is 0.394 e. The lowest BCUT2D eigenvalue weighted by atomic mass is 9.97. The van der Waals surface area contributed by atoms with Crippen molar-refractivity contribution in [2.75, 3.05) is 24.6 Å². The van der Waals surface area contributed by atoms with Crippen LogP contribution in [0, 0.1) is 0 Å². The highest BCUT2D eigenvalue weighted by Gasteiger charge is 2.28. The summed E-state index contributed by atoms with van der Waals surface area (Å²) in [5, 5.41) is 15.3. The average Bonchev–Trinajstić information content (AvgIpc) is 2.96. The number of carbonyl (C=O) groups is 1. The minimum atomic E-state index is -0.557. The Bertz CT molecular complexity index is 482. The van der Waals surface area contributed by atoms with Gasteiger partial charge in [-0.05, 0) is 31.9 Å². The van der Waals surface area contributed by atoms with Crippen LogP contribution in [0.3, 0.4) is 0 Å². The summed E-state index contributed by atoms with van der Waals surface area (Å²) in [6, 6.07) is 5.73. The molecule has 2 heterocycles. The smallest absolute Gasteiger partial charge is 0.315 e. The molecule has 3 N–H and O–H groups in total. The summed E-state index contributed by atoms with van der Waals surface area (Å²) in [5.41, 5.74) is -0.557. The summed E-state index contributed by atoms with van der Waals surface area (Å²) >= 11 is 0. The predicted octanol–water partition coefficient (Wildman–Crippen LogP) is 1.51. The van der Waals surface area contributed by atoms with Gasteiger partial charge in [-0.1, -0.05) is 19.4 Å². The molecular weight excluding hydrogens is 280 g/mol. The Balaban J connectivity index is 1.83. The van der Waals surface area contributed by atoms with E-state index in [1.165, 1.54) is 0 Å². The summed E-state index contributed by atoms with van der Waals surface area (Å²) in [4.78, 5) is 18.6. The van der Waals surface area contributed by atoms with Crippen molar-refractivity contribution in [3.05, 3.63) is 24.4 Å². The van der Waals surface area contributed by atoms with E-state index in [1.54, 1.807) is 6.20 Å². The first-order valence-electron chi connectivity index (χ1n) is 7.92. The number of nitrogens with zero attached hydrogens (tertiary/aromatic N) is 2. The van der Waals surface area contributed by atoms with Crippen molar-refractivity contribution in [3.63, 3.8) is 0 Å². The zero-order valence-electron chi connectivity index (χ0n) is 13.4. The van der Waals surface area contributed by atoms with Gasteiger partial charge >= 0.3 is 6.03 Å². The van der Waals surface area contributed by atoms with E-state index >= 15 is 0 Å². The Morgan fingerprint density at radius 3 is 3.00 bits per heavy atom. The molecule has 6 nitrogen and oxygen atoms in total. The van der Waals surface area contributed by atoms with E-state index in [-0.39, 0.29) is 18.7 Å². The van der Waals surface area contributed by atoms with Gasteiger partial charge in [-0.15, -0.1) is 0 Å². The highest BCUT2D eigenvalue weighted by Crippen LogP contribution is 2.17. The molecule has 0 saturated carbocycles. The van der Waals surface area contributed by atoms with Crippen molar-refractivity contribution in [3.8, 4) is 0 Å². The predicted molar refractivity (Wildman–Crippen MR) is 86.9 cm³/mol. The number of nitrogens with one attached hydrogen (secondary N) is 2. The molecule has 22 heavy (non-hydrogen) atoms. The zero-order chi connectivity index (χ0) is 16.0. The molecule has 1 aromatic rings. The molecule has 1 aliphatic rings. The quantitative estimate of drug-likeness (QED) is 0.744. The highest BCUT2D eigenvalue weighted by molar-refractivity contribution is 5.75. The fraction of sp³-hybridized carbons (Fsp3) is 0.625. The molecule has 0 spiro atoms.